The lowest BCUT2D eigenvalue weighted by molar-refractivity contribution is -0.137. The van der Waals surface area contributed by atoms with E-state index >= 15 is 0 Å². The van der Waals surface area contributed by atoms with E-state index in [1.54, 1.807) is 24.4 Å². The fourth-order valence-electron chi connectivity index (χ4n) is 4.63. The number of ether oxygens (including phenoxy) is 1. The van der Waals surface area contributed by atoms with E-state index in [1.165, 1.54) is 0 Å². The van der Waals surface area contributed by atoms with Crippen molar-refractivity contribution in [2.24, 2.45) is 5.92 Å². The second kappa shape index (κ2) is 7.98. The van der Waals surface area contributed by atoms with E-state index in [9.17, 15) is 9.59 Å². The number of rotatable bonds is 4. The Bertz CT molecular complexity index is 1130. The third kappa shape index (κ3) is 3.60. The number of aromatic amines is 1. The molecule has 2 fully saturated rings. The van der Waals surface area contributed by atoms with Crippen molar-refractivity contribution >= 4 is 28.7 Å². The van der Waals surface area contributed by atoms with Gasteiger partial charge in [0.25, 0.3) is 0 Å². The number of amides is 2. The predicted molar refractivity (Wildman–Crippen MR) is 114 cm³/mol. The molecule has 0 bridgehead atoms. The topological polar surface area (TPSA) is 104 Å². The molecule has 2 saturated heterocycles. The van der Waals surface area contributed by atoms with Gasteiger partial charge in [-0.05, 0) is 25.0 Å². The Labute approximate surface area is 179 Å². The Kier molecular flexibility index (Phi) is 5.01. The van der Waals surface area contributed by atoms with E-state index in [4.69, 9.17) is 4.74 Å². The van der Waals surface area contributed by atoms with E-state index in [-0.39, 0.29) is 30.1 Å². The van der Waals surface area contributed by atoms with Crippen molar-refractivity contribution in [3.63, 3.8) is 0 Å². The molecule has 1 aromatic carbocycles. The number of aromatic nitrogens is 4. The van der Waals surface area contributed by atoms with Crippen LogP contribution in [0.4, 0.5) is 5.69 Å². The normalized spacial score (nSPS) is 21.6. The van der Waals surface area contributed by atoms with Crippen molar-refractivity contribution in [1.29, 1.82) is 0 Å². The smallest absolute Gasteiger partial charge is 0.228 e. The summed E-state index contributed by atoms with van der Waals surface area (Å²) in [5, 5.41) is 7.32. The largest absolute Gasteiger partial charge is 0.497 e. The van der Waals surface area contributed by atoms with Crippen LogP contribution in [0, 0.1) is 5.92 Å². The zero-order valence-electron chi connectivity index (χ0n) is 17.3. The number of carbonyl (C=O) groups is 2. The lowest BCUT2D eigenvalue weighted by Crippen LogP contribution is -2.43. The average molecular weight is 420 g/mol. The van der Waals surface area contributed by atoms with Crippen molar-refractivity contribution in [1.82, 2.24) is 25.1 Å². The van der Waals surface area contributed by atoms with Gasteiger partial charge in [-0.1, -0.05) is 6.07 Å². The van der Waals surface area contributed by atoms with Crippen LogP contribution in [0.1, 0.15) is 30.9 Å². The molecule has 0 saturated carbocycles. The standard InChI is InChI=1S/C22H24N6O3/c1-31-17-6-2-5-16(11-17)28-13-15(10-18(28)29)22(30)27-9-3-4-14(12-27)19-20-21(26-25-19)24-8-7-23-20/h2,5-8,11,14-15H,3-4,9-10,12-13H2,1H3,(H,24,25,26). The van der Waals surface area contributed by atoms with E-state index in [1.807, 2.05) is 29.2 Å². The number of hydrogen-bond donors (Lipinski definition) is 1. The van der Waals surface area contributed by atoms with E-state index in [2.05, 4.69) is 20.2 Å². The molecule has 2 aliphatic rings. The van der Waals surface area contributed by atoms with E-state index < -0.39 is 0 Å². The number of H-pyrrole nitrogens is 1. The van der Waals surface area contributed by atoms with Crippen molar-refractivity contribution in [3.8, 4) is 5.75 Å². The van der Waals surface area contributed by atoms with Crippen LogP contribution in [0.5, 0.6) is 5.75 Å². The molecule has 2 unspecified atom stereocenters. The van der Waals surface area contributed by atoms with Crippen molar-refractivity contribution in [2.45, 2.75) is 25.2 Å². The number of nitrogens with zero attached hydrogens (tertiary/aromatic N) is 5. The summed E-state index contributed by atoms with van der Waals surface area (Å²) in [4.78, 5) is 38.2. The Morgan fingerprint density at radius 3 is 2.97 bits per heavy atom. The maximum Gasteiger partial charge on any atom is 0.228 e. The minimum absolute atomic E-state index is 0.0324. The maximum absolute atomic E-state index is 13.3. The number of hydrogen-bond acceptors (Lipinski definition) is 6. The molecule has 0 aliphatic carbocycles. The van der Waals surface area contributed by atoms with Gasteiger partial charge >= 0.3 is 0 Å². The SMILES string of the molecule is COc1cccc(N2CC(C(=O)N3CCCC(c4[nH]nc5nccnc45)C3)CC2=O)c1. The number of benzene rings is 1. The molecular formula is C22H24N6O3. The first-order valence-corrected chi connectivity index (χ1v) is 10.5. The molecule has 160 valence electrons. The highest BCUT2D eigenvalue weighted by atomic mass is 16.5. The summed E-state index contributed by atoms with van der Waals surface area (Å²) >= 11 is 0. The Balaban J connectivity index is 1.30. The third-order valence-electron chi connectivity index (χ3n) is 6.20. The van der Waals surface area contributed by atoms with Gasteiger partial charge in [-0.3, -0.25) is 14.7 Å². The zero-order valence-corrected chi connectivity index (χ0v) is 17.3. The molecule has 1 N–H and O–H groups in total. The summed E-state index contributed by atoms with van der Waals surface area (Å²) in [6.07, 6.45) is 5.36. The molecule has 0 radical (unpaired) electrons. The van der Waals surface area contributed by atoms with Crippen LogP contribution in [0.15, 0.2) is 36.7 Å². The number of nitrogens with one attached hydrogen (secondary N) is 1. The van der Waals surface area contributed by atoms with Gasteiger partial charge in [0.2, 0.25) is 11.8 Å². The van der Waals surface area contributed by atoms with Gasteiger partial charge in [-0.15, -0.1) is 0 Å². The van der Waals surface area contributed by atoms with Crippen LogP contribution >= 0.6 is 0 Å². The van der Waals surface area contributed by atoms with Crippen LogP contribution in [-0.2, 0) is 9.59 Å². The highest BCUT2D eigenvalue weighted by molar-refractivity contribution is 6.00. The number of likely N-dealkylation sites (tertiary alicyclic amines) is 1. The molecule has 5 rings (SSSR count). The summed E-state index contributed by atoms with van der Waals surface area (Å²) in [6.45, 7) is 1.69. The van der Waals surface area contributed by atoms with Crippen LogP contribution < -0.4 is 9.64 Å². The fourth-order valence-corrected chi connectivity index (χ4v) is 4.63. The second-order valence-electron chi connectivity index (χ2n) is 8.10. The van der Waals surface area contributed by atoms with Crippen molar-refractivity contribution in [3.05, 3.63) is 42.4 Å². The lowest BCUT2D eigenvalue weighted by atomic mass is 9.93. The summed E-state index contributed by atoms with van der Waals surface area (Å²) in [5.74, 6) is 0.490. The van der Waals surface area contributed by atoms with Crippen LogP contribution in [-0.4, -0.2) is 63.6 Å². The first-order valence-electron chi connectivity index (χ1n) is 10.5. The number of anilines is 1. The molecule has 2 atom stereocenters. The molecule has 2 amide bonds. The van der Waals surface area contributed by atoms with Crippen LogP contribution in [0.25, 0.3) is 11.2 Å². The molecule has 2 aromatic heterocycles. The number of carbonyl (C=O) groups excluding carboxylic acids is 2. The summed E-state index contributed by atoms with van der Waals surface area (Å²) in [5.41, 5.74) is 3.05. The summed E-state index contributed by atoms with van der Waals surface area (Å²) in [6, 6.07) is 7.38. The van der Waals surface area contributed by atoms with Gasteiger partial charge in [0.05, 0.1) is 18.7 Å². The highest BCUT2D eigenvalue weighted by Gasteiger charge is 2.39. The Hall–Kier alpha value is -3.49. The second-order valence-corrected chi connectivity index (χ2v) is 8.10. The monoisotopic (exact) mass is 420 g/mol. The van der Waals surface area contributed by atoms with E-state index in [0.717, 1.165) is 29.7 Å². The highest BCUT2D eigenvalue weighted by Crippen LogP contribution is 2.32. The molecule has 2 aliphatic heterocycles. The van der Waals surface area contributed by atoms with Gasteiger partial charge in [0.15, 0.2) is 5.65 Å². The van der Waals surface area contributed by atoms with Crippen LogP contribution in [0.3, 0.4) is 0 Å². The maximum atomic E-state index is 13.3. The lowest BCUT2D eigenvalue weighted by Gasteiger charge is -2.33. The van der Waals surface area contributed by atoms with Gasteiger partial charge in [0, 0.05) is 56.1 Å². The fraction of sp³-hybridized carbons (Fsp3) is 0.409. The van der Waals surface area contributed by atoms with Gasteiger partial charge < -0.3 is 14.5 Å². The first kappa shape index (κ1) is 19.5. The van der Waals surface area contributed by atoms with Crippen molar-refractivity contribution in [2.75, 3.05) is 31.6 Å². The average Bonchev–Trinajstić information content (AvgIpc) is 3.42. The van der Waals surface area contributed by atoms with E-state index in [0.29, 0.717) is 31.0 Å². The quantitative estimate of drug-likeness (QED) is 0.693. The molecule has 9 heteroatoms. The zero-order chi connectivity index (χ0) is 21.4. The first-order chi connectivity index (χ1) is 15.1. The Morgan fingerprint density at radius 2 is 2.10 bits per heavy atom. The van der Waals surface area contributed by atoms with Gasteiger partial charge in [-0.25, -0.2) is 9.97 Å². The summed E-state index contributed by atoms with van der Waals surface area (Å²) < 4.78 is 5.27. The minimum Gasteiger partial charge on any atom is -0.497 e. The Morgan fingerprint density at radius 1 is 1.23 bits per heavy atom. The number of fused-ring (bicyclic) bond motifs is 1. The summed E-state index contributed by atoms with van der Waals surface area (Å²) in [7, 11) is 1.60. The van der Waals surface area contributed by atoms with Crippen molar-refractivity contribution < 1.29 is 14.3 Å². The van der Waals surface area contributed by atoms with Gasteiger partial charge in [-0.2, -0.15) is 5.10 Å². The predicted octanol–water partition coefficient (Wildman–Crippen LogP) is 2.12. The van der Waals surface area contributed by atoms with Crippen LogP contribution in [0.2, 0.25) is 0 Å². The molecule has 3 aromatic rings. The number of piperidine rings is 1. The minimum atomic E-state index is -0.337. The molecule has 31 heavy (non-hydrogen) atoms. The molecule has 0 spiro atoms. The molecular weight excluding hydrogens is 396 g/mol. The number of methoxy groups -OCH3 is 1. The third-order valence-corrected chi connectivity index (χ3v) is 6.20. The van der Waals surface area contributed by atoms with Gasteiger partial charge in [0.1, 0.15) is 11.3 Å². The molecule has 9 nitrogen and oxygen atoms in total. The molecule has 4 heterocycles.